The number of nitrogens with one attached hydrogen (secondary N) is 2. The highest BCUT2D eigenvalue weighted by Crippen LogP contribution is 2.22. The maximum Gasteiger partial charge on any atom is 0.0710 e. The number of aromatic nitrogens is 3. The van der Waals surface area contributed by atoms with Gasteiger partial charge in [0.25, 0.3) is 0 Å². The molecule has 0 saturated carbocycles. The van der Waals surface area contributed by atoms with E-state index in [1.54, 1.807) is 17.5 Å². The highest BCUT2D eigenvalue weighted by atomic mass is 32.1. The van der Waals surface area contributed by atoms with Crippen LogP contribution in [0.5, 0.6) is 0 Å². The normalized spacial score (nSPS) is 12.4. The van der Waals surface area contributed by atoms with Crippen LogP contribution in [0.2, 0.25) is 0 Å². The van der Waals surface area contributed by atoms with Gasteiger partial charge < -0.3 is 5.32 Å². The van der Waals surface area contributed by atoms with Crippen LogP contribution in [0.15, 0.2) is 48.2 Å². The molecule has 102 valence electrons. The molecule has 3 heterocycles. The van der Waals surface area contributed by atoms with Crippen LogP contribution in [0.4, 0.5) is 0 Å². The first-order valence-corrected chi connectivity index (χ1v) is 7.42. The average Bonchev–Trinajstić information content (AvgIpc) is 3.17. The number of pyridine rings is 1. The molecular formula is C15H16N4S. The molecule has 4 nitrogen and oxygen atoms in total. The lowest BCUT2D eigenvalue weighted by Crippen LogP contribution is -2.17. The Hall–Kier alpha value is -1.98. The van der Waals surface area contributed by atoms with Crippen LogP contribution in [0.1, 0.15) is 23.4 Å². The second-order valence-corrected chi connectivity index (χ2v) is 5.61. The minimum atomic E-state index is 0.339. The molecule has 0 spiro atoms. The zero-order valence-electron chi connectivity index (χ0n) is 11.2. The zero-order chi connectivity index (χ0) is 13.8. The van der Waals surface area contributed by atoms with Gasteiger partial charge in [-0.3, -0.25) is 10.1 Å². The maximum atomic E-state index is 4.15. The number of rotatable bonds is 5. The van der Waals surface area contributed by atoms with Crippen molar-refractivity contribution in [1.82, 2.24) is 20.5 Å². The first kappa shape index (κ1) is 13.0. The van der Waals surface area contributed by atoms with E-state index in [0.29, 0.717) is 6.04 Å². The summed E-state index contributed by atoms with van der Waals surface area (Å²) in [5.41, 5.74) is 3.25. The minimum Gasteiger partial charge on any atom is -0.305 e. The highest BCUT2D eigenvalue weighted by Gasteiger charge is 2.10. The quantitative estimate of drug-likeness (QED) is 0.755. The summed E-state index contributed by atoms with van der Waals surface area (Å²) in [7, 11) is 0. The van der Waals surface area contributed by atoms with E-state index in [1.807, 2.05) is 24.5 Å². The Morgan fingerprint density at radius 2 is 2.25 bits per heavy atom. The molecule has 5 heteroatoms. The van der Waals surface area contributed by atoms with E-state index >= 15 is 0 Å². The molecule has 1 atom stereocenters. The Bertz CT molecular complexity index is 646. The van der Waals surface area contributed by atoms with Crippen molar-refractivity contribution in [3.8, 4) is 11.3 Å². The van der Waals surface area contributed by atoms with Crippen LogP contribution >= 0.6 is 11.3 Å². The summed E-state index contributed by atoms with van der Waals surface area (Å²) in [4.78, 5) is 5.50. The maximum absolute atomic E-state index is 4.15. The van der Waals surface area contributed by atoms with E-state index in [-0.39, 0.29) is 0 Å². The molecule has 0 unspecified atom stereocenters. The Balaban J connectivity index is 1.72. The van der Waals surface area contributed by atoms with Gasteiger partial charge in [-0.2, -0.15) is 5.10 Å². The van der Waals surface area contributed by atoms with Crippen molar-refractivity contribution < 1.29 is 0 Å². The summed E-state index contributed by atoms with van der Waals surface area (Å²) in [6, 6.07) is 8.54. The summed E-state index contributed by atoms with van der Waals surface area (Å²) in [5, 5.41) is 12.8. The van der Waals surface area contributed by atoms with Crippen molar-refractivity contribution >= 4 is 11.3 Å². The fourth-order valence-electron chi connectivity index (χ4n) is 2.11. The van der Waals surface area contributed by atoms with E-state index in [9.17, 15) is 0 Å². The molecule has 20 heavy (non-hydrogen) atoms. The van der Waals surface area contributed by atoms with Crippen molar-refractivity contribution in [2.45, 2.75) is 19.5 Å². The van der Waals surface area contributed by atoms with Crippen LogP contribution in [0.25, 0.3) is 11.3 Å². The SMILES string of the molecule is C[C@@H](NCc1cn[nH]c1-c1cccnc1)c1cccs1. The summed E-state index contributed by atoms with van der Waals surface area (Å²) in [6.07, 6.45) is 5.49. The summed E-state index contributed by atoms with van der Waals surface area (Å²) in [5.74, 6) is 0. The molecule has 0 aromatic carbocycles. The predicted octanol–water partition coefficient (Wildman–Crippen LogP) is 3.38. The molecule has 0 fully saturated rings. The van der Waals surface area contributed by atoms with Crippen molar-refractivity contribution in [3.05, 3.63) is 58.7 Å². The molecule has 0 aliphatic rings. The lowest BCUT2D eigenvalue weighted by molar-refractivity contribution is 0.583. The van der Waals surface area contributed by atoms with Crippen molar-refractivity contribution in [2.24, 2.45) is 0 Å². The molecule has 0 saturated heterocycles. The monoisotopic (exact) mass is 284 g/mol. The molecule has 3 rings (SSSR count). The number of thiophene rings is 1. The average molecular weight is 284 g/mol. The fraction of sp³-hybridized carbons (Fsp3) is 0.200. The van der Waals surface area contributed by atoms with Gasteiger partial charge in [0.05, 0.1) is 11.9 Å². The molecule has 0 bridgehead atoms. The Kier molecular flexibility index (Phi) is 3.90. The number of hydrogen-bond donors (Lipinski definition) is 2. The van der Waals surface area contributed by atoms with Crippen LogP contribution in [-0.4, -0.2) is 15.2 Å². The highest BCUT2D eigenvalue weighted by molar-refractivity contribution is 7.10. The molecular weight excluding hydrogens is 268 g/mol. The second kappa shape index (κ2) is 5.98. The third-order valence-electron chi connectivity index (χ3n) is 3.24. The molecule has 2 N–H and O–H groups in total. The van der Waals surface area contributed by atoms with Gasteiger partial charge in [-0.15, -0.1) is 11.3 Å². The first-order valence-electron chi connectivity index (χ1n) is 6.54. The van der Waals surface area contributed by atoms with Gasteiger partial charge in [0, 0.05) is 41.0 Å². The van der Waals surface area contributed by atoms with Gasteiger partial charge >= 0.3 is 0 Å². The second-order valence-electron chi connectivity index (χ2n) is 4.63. The van der Waals surface area contributed by atoms with E-state index in [4.69, 9.17) is 0 Å². The topological polar surface area (TPSA) is 53.6 Å². The van der Waals surface area contributed by atoms with Crippen LogP contribution in [0, 0.1) is 0 Å². The molecule has 0 aliphatic carbocycles. The number of aromatic amines is 1. The first-order chi connectivity index (χ1) is 9.84. The van der Waals surface area contributed by atoms with E-state index in [0.717, 1.165) is 23.4 Å². The standard InChI is InChI=1S/C15H16N4S/c1-11(14-5-3-7-20-14)17-9-13-10-18-19-15(13)12-4-2-6-16-8-12/h2-8,10-11,17H,9H2,1H3,(H,18,19)/t11-/m1/s1. The van der Waals surface area contributed by atoms with Crippen LogP contribution in [0.3, 0.4) is 0 Å². The third-order valence-corrected chi connectivity index (χ3v) is 4.29. The van der Waals surface area contributed by atoms with E-state index in [2.05, 4.69) is 44.9 Å². The largest absolute Gasteiger partial charge is 0.305 e. The van der Waals surface area contributed by atoms with Crippen LogP contribution in [-0.2, 0) is 6.54 Å². The van der Waals surface area contributed by atoms with Gasteiger partial charge in [-0.1, -0.05) is 6.07 Å². The number of hydrogen-bond acceptors (Lipinski definition) is 4. The lowest BCUT2D eigenvalue weighted by atomic mass is 10.1. The molecule has 0 amide bonds. The van der Waals surface area contributed by atoms with Gasteiger partial charge in [0.1, 0.15) is 0 Å². The van der Waals surface area contributed by atoms with Gasteiger partial charge in [-0.05, 0) is 30.5 Å². The zero-order valence-corrected chi connectivity index (χ0v) is 12.0. The minimum absolute atomic E-state index is 0.339. The predicted molar refractivity (Wildman–Crippen MR) is 81.4 cm³/mol. The smallest absolute Gasteiger partial charge is 0.0710 e. The molecule has 0 aliphatic heterocycles. The molecule has 0 radical (unpaired) electrons. The van der Waals surface area contributed by atoms with E-state index < -0.39 is 0 Å². The van der Waals surface area contributed by atoms with Gasteiger partial charge in [0.15, 0.2) is 0 Å². The molecule has 3 aromatic rings. The van der Waals surface area contributed by atoms with E-state index in [1.165, 1.54) is 4.88 Å². The van der Waals surface area contributed by atoms with Crippen molar-refractivity contribution in [2.75, 3.05) is 0 Å². The Morgan fingerprint density at radius 1 is 1.30 bits per heavy atom. The number of H-pyrrole nitrogens is 1. The summed E-state index contributed by atoms with van der Waals surface area (Å²) >= 11 is 1.77. The molecule has 3 aromatic heterocycles. The summed E-state index contributed by atoms with van der Waals surface area (Å²) in [6.45, 7) is 2.95. The van der Waals surface area contributed by atoms with Gasteiger partial charge in [0.2, 0.25) is 0 Å². The Labute approximate surface area is 121 Å². The van der Waals surface area contributed by atoms with Crippen molar-refractivity contribution in [3.63, 3.8) is 0 Å². The Morgan fingerprint density at radius 3 is 3.00 bits per heavy atom. The fourth-order valence-corrected chi connectivity index (χ4v) is 2.87. The summed E-state index contributed by atoms with van der Waals surface area (Å²) < 4.78 is 0. The van der Waals surface area contributed by atoms with Gasteiger partial charge in [-0.25, -0.2) is 0 Å². The van der Waals surface area contributed by atoms with Crippen molar-refractivity contribution in [1.29, 1.82) is 0 Å². The lowest BCUT2D eigenvalue weighted by Gasteiger charge is -2.12. The number of nitrogens with zero attached hydrogens (tertiary/aromatic N) is 2. The van der Waals surface area contributed by atoms with Crippen LogP contribution < -0.4 is 5.32 Å². The third kappa shape index (κ3) is 2.79.